The van der Waals surface area contributed by atoms with Crippen LogP contribution in [0.1, 0.15) is 41.0 Å². The number of piperidine rings is 1. The zero-order chi connectivity index (χ0) is 10.2. The standard InChI is InChI=1S/C11H21NO/c1-8-6-10(13)9(2)12(7-8)11(3,4)5/h8-9H,6-7H2,1-5H3/t8-,9+/m0/s1. The Morgan fingerprint density at radius 1 is 1.31 bits per heavy atom. The van der Waals surface area contributed by atoms with E-state index in [2.05, 4.69) is 32.6 Å². The molecular weight excluding hydrogens is 162 g/mol. The summed E-state index contributed by atoms with van der Waals surface area (Å²) >= 11 is 0. The summed E-state index contributed by atoms with van der Waals surface area (Å²) < 4.78 is 0. The molecule has 1 saturated heterocycles. The van der Waals surface area contributed by atoms with Gasteiger partial charge in [0.15, 0.2) is 0 Å². The SMILES string of the molecule is C[C@H]1CC(=O)[C@@H](C)N(C(C)(C)C)C1. The summed E-state index contributed by atoms with van der Waals surface area (Å²) in [4.78, 5) is 13.9. The molecule has 0 radical (unpaired) electrons. The second-order valence-corrected chi connectivity index (χ2v) is 5.27. The van der Waals surface area contributed by atoms with Crippen LogP contribution in [0.25, 0.3) is 0 Å². The highest BCUT2D eigenvalue weighted by Crippen LogP contribution is 2.25. The Morgan fingerprint density at radius 3 is 2.31 bits per heavy atom. The number of hydrogen-bond donors (Lipinski definition) is 0. The molecular formula is C11H21NO. The first kappa shape index (κ1) is 10.7. The van der Waals surface area contributed by atoms with Gasteiger partial charge in [-0.05, 0) is 33.6 Å². The van der Waals surface area contributed by atoms with Crippen LogP contribution in [0.2, 0.25) is 0 Å². The molecule has 0 bridgehead atoms. The Balaban J connectivity index is 2.78. The average molecular weight is 183 g/mol. The van der Waals surface area contributed by atoms with Crippen molar-refractivity contribution in [2.24, 2.45) is 5.92 Å². The van der Waals surface area contributed by atoms with E-state index in [0.29, 0.717) is 11.7 Å². The summed E-state index contributed by atoms with van der Waals surface area (Å²) in [6, 6.07) is 0.108. The lowest BCUT2D eigenvalue weighted by molar-refractivity contribution is -0.131. The van der Waals surface area contributed by atoms with Crippen LogP contribution in [-0.2, 0) is 4.79 Å². The molecule has 2 nitrogen and oxygen atoms in total. The van der Waals surface area contributed by atoms with Crippen LogP contribution in [0.4, 0.5) is 0 Å². The van der Waals surface area contributed by atoms with Gasteiger partial charge in [-0.3, -0.25) is 9.69 Å². The summed E-state index contributed by atoms with van der Waals surface area (Å²) in [6.45, 7) is 11.8. The van der Waals surface area contributed by atoms with Gasteiger partial charge in [0.25, 0.3) is 0 Å². The first-order chi connectivity index (χ1) is 5.82. The summed E-state index contributed by atoms with van der Waals surface area (Å²) in [5, 5.41) is 0. The fourth-order valence-corrected chi connectivity index (χ4v) is 2.10. The van der Waals surface area contributed by atoms with Gasteiger partial charge in [0.1, 0.15) is 5.78 Å². The molecule has 1 aliphatic rings. The van der Waals surface area contributed by atoms with E-state index in [1.165, 1.54) is 0 Å². The van der Waals surface area contributed by atoms with Gasteiger partial charge in [0, 0.05) is 18.5 Å². The van der Waals surface area contributed by atoms with Crippen molar-refractivity contribution in [3.05, 3.63) is 0 Å². The summed E-state index contributed by atoms with van der Waals surface area (Å²) in [7, 11) is 0. The lowest BCUT2D eigenvalue weighted by Crippen LogP contribution is -2.55. The van der Waals surface area contributed by atoms with Crippen molar-refractivity contribution < 1.29 is 4.79 Å². The number of Topliss-reactive ketones (excluding diaryl/α,β-unsaturated/α-hetero) is 1. The Morgan fingerprint density at radius 2 is 1.85 bits per heavy atom. The summed E-state index contributed by atoms with van der Waals surface area (Å²) in [5.74, 6) is 0.914. The van der Waals surface area contributed by atoms with Gasteiger partial charge in [0.2, 0.25) is 0 Å². The molecule has 0 aromatic carbocycles. The van der Waals surface area contributed by atoms with E-state index in [1.807, 2.05) is 6.92 Å². The van der Waals surface area contributed by atoms with E-state index in [4.69, 9.17) is 0 Å². The van der Waals surface area contributed by atoms with E-state index >= 15 is 0 Å². The fraction of sp³-hybridized carbons (Fsp3) is 0.909. The molecule has 0 saturated carbocycles. The van der Waals surface area contributed by atoms with E-state index in [9.17, 15) is 4.79 Å². The minimum Gasteiger partial charge on any atom is -0.298 e. The van der Waals surface area contributed by atoms with Crippen LogP contribution in [0, 0.1) is 5.92 Å². The highest BCUT2D eigenvalue weighted by Gasteiger charge is 2.35. The molecule has 0 N–H and O–H groups in total. The van der Waals surface area contributed by atoms with Crippen LogP contribution < -0.4 is 0 Å². The monoisotopic (exact) mass is 183 g/mol. The molecule has 2 atom stereocenters. The van der Waals surface area contributed by atoms with Gasteiger partial charge in [0.05, 0.1) is 6.04 Å². The second-order valence-electron chi connectivity index (χ2n) is 5.27. The van der Waals surface area contributed by atoms with Crippen molar-refractivity contribution in [1.82, 2.24) is 4.90 Å². The molecule has 13 heavy (non-hydrogen) atoms. The van der Waals surface area contributed by atoms with Crippen molar-refractivity contribution in [2.75, 3.05) is 6.54 Å². The van der Waals surface area contributed by atoms with Crippen LogP contribution in [0.5, 0.6) is 0 Å². The van der Waals surface area contributed by atoms with Gasteiger partial charge in [-0.2, -0.15) is 0 Å². The Labute approximate surface area is 81.3 Å². The van der Waals surface area contributed by atoms with E-state index < -0.39 is 0 Å². The van der Waals surface area contributed by atoms with E-state index in [1.54, 1.807) is 0 Å². The third kappa shape index (κ3) is 2.31. The Hall–Kier alpha value is -0.370. The molecule has 1 rings (SSSR count). The molecule has 76 valence electrons. The Bertz CT molecular complexity index is 205. The lowest BCUT2D eigenvalue weighted by atomic mass is 9.89. The maximum Gasteiger partial charge on any atom is 0.150 e. The normalized spacial score (nSPS) is 32.2. The zero-order valence-electron chi connectivity index (χ0n) is 9.42. The summed E-state index contributed by atoms with van der Waals surface area (Å²) in [6.07, 6.45) is 0.758. The third-order valence-electron chi connectivity index (χ3n) is 2.85. The van der Waals surface area contributed by atoms with Crippen molar-refractivity contribution in [3.8, 4) is 0 Å². The number of carbonyl (C=O) groups excluding carboxylic acids is 1. The number of hydrogen-bond acceptors (Lipinski definition) is 2. The molecule has 0 amide bonds. The topological polar surface area (TPSA) is 20.3 Å². The average Bonchev–Trinajstić information content (AvgIpc) is 1.94. The van der Waals surface area contributed by atoms with Gasteiger partial charge in [-0.25, -0.2) is 0 Å². The molecule has 1 fully saturated rings. The van der Waals surface area contributed by atoms with Crippen LogP contribution in [-0.4, -0.2) is 28.8 Å². The minimum absolute atomic E-state index is 0.108. The second kappa shape index (κ2) is 3.41. The van der Waals surface area contributed by atoms with E-state index in [-0.39, 0.29) is 11.6 Å². The summed E-state index contributed by atoms with van der Waals surface area (Å²) in [5.41, 5.74) is 0.115. The smallest absolute Gasteiger partial charge is 0.150 e. The van der Waals surface area contributed by atoms with Crippen molar-refractivity contribution in [1.29, 1.82) is 0 Å². The number of ketones is 1. The largest absolute Gasteiger partial charge is 0.298 e. The lowest BCUT2D eigenvalue weighted by Gasteiger charge is -2.44. The predicted octanol–water partition coefficient (Wildman–Crippen LogP) is 2.08. The molecule has 0 aliphatic carbocycles. The van der Waals surface area contributed by atoms with Crippen molar-refractivity contribution in [3.63, 3.8) is 0 Å². The molecule has 2 heteroatoms. The van der Waals surface area contributed by atoms with Crippen LogP contribution >= 0.6 is 0 Å². The third-order valence-corrected chi connectivity index (χ3v) is 2.85. The molecule has 0 unspecified atom stereocenters. The number of likely N-dealkylation sites (tertiary alicyclic amines) is 1. The number of nitrogens with zero attached hydrogens (tertiary/aromatic N) is 1. The van der Waals surface area contributed by atoms with Gasteiger partial charge >= 0.3 is 0 Å². The fourth-order valence-electron chi connectivity index (χ4n) is 2.10. The molecule has 1 aliphatic heterocycles. The van der Waals surface area contributed by atoms with E-state index in [0.717, 1.165) is 13.0 Å². The maximum absolute atomic E-state index is 11.6. The first-order valence-corrected chi connectivity index (χ1v) is 5.12. The Kier molecular flexibility index (Phi) is 2.81. The molecule has 0 aromatic rings. The van der Waals surface area contributed by atoms with Crippen LogP contribution in [0.15, 0.2) is 0 Å². The number of rotatable bonds is 0. The maximum atomic E-state index is 11.6. The highest BCUT2D eigenvalue weighted by atomic mass is 16.1. The predicted molar refractivity (Wildman–Crippen MR) is 54.7 cm³/mol. The molecule has 0 aromatic heterocycles. The first-order valence-electron chi connectivity index (χ1n) is 5.12. The number of carbonyl (C=O) groups is 1. The molecule has 1 heterocycles. The minimum atomic E-state index is 0.108. The van der Waals surface area contributed by atoms with Crippen molar-refractivity contribution >= 4 is 5.78 Å². The van der Waals surface area contributed by atoms with Crippen molar-refractivity contribution in [2.45, 2.75) is 52.6 Å². The van der Waals surface area contributed by atoms with Gasteiger partial charge < -0.3 is 0 Å². The zero-order valence-corrected chi connectivity index (χ0v) is 9.42. The quantitative estimate of drug-likeness (QED) is 0.573. The molecule has 0 spiro atoms. The van der Waals surface area contributed by atoms with Crippen LogP contribution in [0.3, 0.4) is 0 Å². The highest BCUT2D eigenvalue weighted by molar-refractivity contribution is 5.84. The van der Waals surface area contributed by atoms with Gasteiger partial charge in [-0.1, -0.05) is 6.92 Å². The van der Waals surface area contributed by atoms with Gasteiger partial charge in [-0.15, -0.1) is 0 Å².